The molecule has 0 spiro atoms. The van der Waals surface area contributed by atoms with Crippen molar-refractivity contribution in [2.45, 2.75) is 70.9 Å². The van der Waals surface area contributed by atoms with E-state index in [1.165, 1.54) is 24.8 Å². The first-order chi connectivity index (χ1) is 12.5. The lowest BCUT2D eigenvalue weighted by Gasteiger charge is -2.28. The average Bonchev–Trinajstić information content (AvgIpc) is 3.13. The summed E-state index contributed by atoms with van der Waals surface area (Å²) in [6, 6.07) is 5.76. The lowest BCUT2D eigenvalue weighted by Crippen LogP contribution is -2.50. The molecule has 142 valence electrons. The summed E-state index contributed by atoms with van der Waals surface area (Å²) in [6.45, 7) is 4.69. The Kier molecular flexibility index (Phi) is 6.17. The molecule has 1 aliphatic carbocycles. The molecule has 1 aliphatic heterocycles. The molecular weight excluding hydrogens is 328 g/mol. The highest BCUT2D eigenvalue weighted by atomic mass is 16.5. The highest BCUT2D eigenvalue weighted by molar-refractivity contribution is 5.89. The monoisotopic (exact) mass is 358 g/mol. The molecule has 1 saturated carbocycles. The zero-order valence-corrected chi connectivity index (χ0v) is 15.9. The van der Waals surface area contributed by atoms with E-state index >= 15 is 0 Å². The molecule has 5 nitrogen and oxygen atoms in total. The van der Waals surface area contributed by atoms with E-state index in [0.29, 0.717) is 12.3 Å². The van der Waals surface area contributed by atoms with Crippen molar-refractivity contribution >= 4 is 11.8 Å². The minimum atomic E-state index is -0.340. The number of benzene rings is 1. The van der Waals surface area contributed by atoms with Gasteiger partial charge in [-0.3, -0.25) is 9.59 Å². The van der Waals surface area contributed by atoms with Crippen LogP contribution >= 0.6 is 0 Å². The van der Waals surface area contributed by atoms with E-state index in [-0.39, 0.29) is 30.5 Å². The smallest absolute Gasteiger partial charge is 0.261 e. The maximum Gasteiger partial charge on any atom is 0.261 e. The predicted molar refractivity (Wildman–Crippen MR) is 101 cm³/mol. The normalized spacial score (nSPS) is 20.8. The molecule has 3 rings (SSSR count). The molecule has 2 amide bonds. The third kappa shape index (κ3) is 4.57. The minimum Gasteiger partial charge on any atom is -0.484 e. The first-order valence-corrected chi connectivity index (χ1v) is 9.84. The summed E-state index contributed by atoms with van der Waals surface area (Å²) in [5.41, 5.74) is 2.34. The molecule has 1 heterocycles. The topological polar surface area (TPSA) is 58.6 Å². The molecule has 1 aromatic rings. The van der Waals surface area contributed by atoms with E-state index in [4.69, 9.17) is 4.74 Å². The summed E-state index contributed by atoms with van der Waals surface area (Å²) in [4.78, 5) is 26.9. The first kappa shape index (κ1) is 18.7. The van der Waals surface area contributed by atoms with Crippen LogP contribution in [0.5, 0.6) is 5.75 Å². The second-order valence-electron chi connectivity index (χ2n) is 7.62. The van der Waals surface area contributed by atoms with Gasteiger partial charge >= 0.3 is 0 Å². The average molecular weight is 358 g/mol. The summed E-state index contributed by atoms with van der Waals surface area (Å²) in [5.74, 6) is 0.599. The molecule has 1 saturated heterocycles. The molecule has 0 bridgehead atoms. The second kappa shape index (κ2) is 8.56. The molecule has 0 aromatic heterocycles. The lowest BCUT2D eigenvalue weighted by molar-refractivity contribution is -0.140. The van der Waals surface area contributed by atoms with Gasteiger partial charge in [0.2, 0.25) is 5.91 Å². The van der Waals surface area contributed by atoms with Crippen molar-refractivity contribution in [1.29, 1.82) is 0 Å². The fraction of sp³-hybridized carbons (Fsp3) is 0.619. The Morgan fingerprint density at radius 1 is 1.08 bits per heavy atom. The predicted octanol–water partition coefficient (Wildman–Crippen LogP) is 3.12. The zero-order chi connectivity index (χ0) is 18.5. The number of rotatable bonds is 5. The van der Waals surface area contributed by atoms with Crippen LogP contribution in [0.25, 0.3) is 0 Å². The summed E-state index contributed by atoms with van der Waals surface area (Å²) >= 11 is 0. The maximum atomic E-state index is 12.6. The summed E-state index contributed by atoms with van der Waals surface area (Å²) < 4.78 is 5.67. The number of ether oxygens (including phenoxy) is 1. The molecule has 2 fully saturated rings. The van der Waals surface area contributed by atoms with Gasteiger partial charge in [0.05, 0.1) is 0 Å². The van der Waals surface area contributed by atoms with Gasteiger partial charge in [-0.25, -0.2) is 0 Å². The van der Waals surface area contributed by atoms with Crippen molar-refractivity contribution in [3.63, 3.8) is 0 Å². The van der Waals surface area contributed by atoms with Gasteiger partial charge in [-0.2, -0.15) is 0 Å². The van der Waals surface area contributed by atoms with Gasteiger partial charge < -0.3 is 15.0 Å². The Morgan fingerprint density at radius 2 is 1.85 bits per heavy atom. The Labute approximate surface area is 156 Å². The number of hydrogen-bond donors (Lipinski definition) is 1. The quantitative estimate of drug-likeness (QED) is 0.880. The van der Waals surface area contributed by atoms with Gasteiger partial charge in [0, 0.05) is 12.6 Å². The number of nitrogens with zero attached hydrogens (tertiary/aromatic N) is 1. The van der Waals surface area contributed by atoms with Crippen LogP contribution in [-0.2, 0) is 9.59 Å². The van der Waals surface area contributed by atoms with Gasteiger partial charge in [0.1, 0.15) is 11.8 Å². The van der Waals surface area contributed by atoms with E-state index in [9.17, 15) is 9.59 Å². The van der Waals surface area contributed by atoms with Crippen LogP contribution in [-0.4, -0.2) is 41.9 Å². The van der Waals surface area contributed by atoms with Crippen LogP contribution < -0.4 is 10.1 Å². The Balaban J connectivity index is 1.53. The van der Waals surface area contributed by atoms with Gasteiger partial charge in [-0.1, -0.05) is 25.3 Å². The molecule has 5 heteroatoms. The Morgan fingerprint density at radius 3 is 2.58 bits per heavy atom. The van der Waals surface area contributed by atoms with Crippen molar-refractivity contribution in [2.24, 2.45) is 0 Å². The van der Waals surface area contributed by atoms with E-state index in [2.05, 4.69) is 5.32 Å². The molecule has 1 aromatic carbocycles. The largest absolute Gasteiger partial charge is 0.484 e. The van der Waals surface area contributed by atoms with Crippen molar-refractivity contribution in [3.05, 3.63) is 29.3 Å². The van der Waals surface area contributed by atoms with Crippen LogP contribution in [0, 0.1) is 13.8 Å². The molecule has 1 atom stereocenters. The molecular formula is C21H30N2O3. The van der Waals surface area contributed by atoms with Crippen LogP contribution in [0.2, 0.25) is 0 Å². The second-order valence-corrected chi connectivity index (χ2v) is 7.62. The van der Waals surface area contributed by atoms with Crippen LogP contribution in [0.15, 0.2) is 18.2 Å². The molecule has 2 aliphatic rings. The first-order valence-electron chi connectivity index (χ1n) is 9.84. The highest BCUT2D eigenvalue weighted by Gasteiger charge is 2.35. The number of likely N-dealkylation sites (tertiary alicyclic amines) is 1. The third-order valence-electron chi connectivity index (χ3n) is 5.67. The molecule has 26 heavy (non-hydrogen) atoms. The maximum absolute atomic E-state index is 12.6. The summed E-state index contributed by atoms with van der Waals surface area (Å²) in [7, 11) is 0. The van der Waals surface area contributed by atoms with Gasteiger partial charge in [0.25, 0.3) is 5.91 Å². The minimum absolute atomic E-state index is 0.00827. The van der Waals surface area contributed by atoms with Crippen molar-refractivity contribution < 1.29 is 14.3 Å². The number of carbonyl (C=O) groups is 2. The van der Waals surface area contributed by atoms with Crippen LogP contribution in [0.1, 0.15) is 56.1 Å². The Hall–Kier alpha value is -2.04. The number of amides is 2. The highest BCUT2D eigenvalue weighted by Crippen LogP contribution is 2.22. The van der Waals surface area contributed by atoms with Gasteiger partial charge in [-0.15, -0.1) is 0 Å². The number of hydrogen-bond acceptors (Lipinski definition) is 3. The van der Waals surface area contributed by atoms with E-state index in [0.717, 1.165) is 31.2 Å². The Bertz CT molecular complexity index is 653. The van der Waals surface area contributed by atoms with Gasteiger partial charge in [0.15, 0.2) is 6.61 Å². The van der Waals surface area contributed by atoms with Crippen molar-refractivity contribution in [2.75, 3.05) is 13.2 Å². The lowest BCUT2D eigenvalue weighted by atomic mass is 9.95. The van der Waals surface area contributed by atoms with Gasteiger partial charge in [-0.05, 0) is 62.8 Å². The number of aryl methyl sites for hydroxylation is 2. The van der Waals surface area contributed by atoms with E-state index < -0.39 is 0 Å². The van der Waals surface area contributed by atoms with E-state index in [1.54, 1.807) is 4.90 Å². The third-order valence-corrected chi connectivity index (χ3v) is 5.67. The molecule has 0 unspecified atom stereocenters. The van der Waals surface area contributed by atoms with Crippen molar-refractivity contribution in [1.82, 2.24) is 10.2 Å². The fourth-order valence-corrected chi connectivity index (χ4v) is 3.91. The van der Waals surface area contributed by atoms with Crippen LogP contribution in [0.4, 0.5) is 0 Å². The summed E-state index contributed by atoms with van der Waals surface area (Å²) in [6.07, 6.45) is 7.36. The van der Waals surface area contributed by atoms with Crippen molar-refractivity contribution in [3.8, 4) is 5.75 Å². The SMILES string of the molecule is Cc1ccc(OCC(=O)N2CCC[C@H]2C(=O)NC2CCCCC2)cc1C. The zero-order valence-electron chi connectivity index (χ0n) is 15.9. The number of nitrogens with one attached hydrogen (secondary N) is 1. The van der Waals surface area contributed by atoms with E-state index in [1.807, 2.05) is 32.0 Å². The number of carbonyl (C=O) groups excluding carboxylic acids is 2. The molecule has 1 N–H and O–H groups in total. The van der Waals surface area contributed by atoms with Crippen LogP contribution in [0.3, 0.4) is 0 Å². The fourth-order valence-electron chi connectivity index (χ4n) is 3.91. The summed E-state index contributed by atoms with van der Waals surface area (Å²) in [5, 5.41) is 3.16. The molecule has 0 radical (unpaired) electrons. The standard InChI is InChI=1S/C21H30N2O3/c1-15-10-11-18(13-16(15)2)26-14-20(24)23-12-6-9-19(23)21(25)22-17-7-4-3-5-8-17/h10-11,13,17,19H,3-9,12,14H2,1-2H3,(H,22,25)/t19-/m0/s1.